The topological polar surface area (TPSA) is 72.3 Å². The van der Waals surface area contributed by atoms with Crippen molar-refractivity contribution in [1.82, 2.24) is 9.97 Å². The molecule has 0 amide bonds. The van der Waals surface area contributed by atoms with Crippen LogP contribution in [-0.4, -0.2) is 27.1 Å². The van der Waals surface area contributed by atoms with Gasteiger partial charge in [0.25, 0.3) is 0 Å². The molecule has 1 N–H and O–H groups in total. The maximum absolute atomic E-state index is 10.5. The molecule has 0 spiro atoms. The number of aliphatic carboxylic acids is 1. The van der Waals surface area contributed by atoms with Crippen molar-refractivity contribution in [3.05, 3.63) is 17.6 Å². The lowest BCUT2D eigenvalue weighted by Crippen LogP contribution is -2.23. The summed E-state index contributed by atoms with van der Waals surface area (Å²) >= 11 is 0. The van der Waals surface area contributed by atoms with E-state index in [0.717, 1.165) is 5.69 Å². The first-order valence-electron chi connectivity index (χ1n) is 4.21. The Labute approximate surface area is 81.8 Å². The molecular formula is C9H12N2O3. The van der Waals surface area contributed by atoms with Crippen LogP contribution in [0.3, 0.4) is 0 Å². The van der Waals surface area contributed by atoms with E-state index in [1.54, 1.807) is 19.9 Å². The Balaban J connectivity index is 2.81. The summed E-state index contributed by atoms with van der Waals surface area (Å²) < 4.78 is 5.09. The molecule has 76 valence electrons. The van der Waals surface area contributed by atoms with E-state index in [9.17, 15) is 4.79 Å². The summed E-state index contributed by atoms with van der Waals surface area (Å²) in [5.41, 5.74) is 0.755. The van der Waals surface area contributed by atoms with Gasteiger partial charge in [-0.05, 0) is 20.8 Å². The van der Waals surface area contributed by atoms with Gasteiger partial charge < -0.3 is 9.84 Å². The van der Waals surface area contributed by atoms with Crippen LogP contribution in [0.2, 0.25) is 0 Å². The van der Waals surface area contributed by atoms with E-state index in [-0.39, 0.29) is 0 Å². The summed E-state index contributed by atoms with van der Waals surface area (Å²) in [6, 6.07) is 1.60. The van der Waals surface area contributed by atoms with Gasteiger partial charge in [0, 0.05) is 11.8 Å². The van der Waals surface area contributed by atoms with Crippen LogP contribution in [0, 0.1) is 13.8 Å². The number of hydrogen-bond donors (Lipinski definition) is 1. The quantitative estimate of drug-likeness (QED) is 0.779. The van der Waals surface area contributed by atoms with E-state index in [1.165, 1.54) is 6.92 Å². The van der Waals surface area contributed by atoms with Gasteiger partial charge in [-0.3, -0.25) is 0 Å². The molecule has 0 aliphatic rings. The molecule has 5 nitrogen and oxygen atoms in total. The van der Waals surface area contributed by atoms with Crippen molar-refractivity contribution in [2.75, 3.05) is 0 Å². The number of ether oxygens (including phenoxy) is 1. The van der Waals surface area contributed by atoms with Gasteiger partial charge in [0.2, 0.25) is 5.88 Å². The maximum atomic E-state index is 10.5. The Morgan fingerprint density at radius 1 is 1.50 bits per heavy atom. The molecule has 5 heteroatoms. The molecule has 0 bridgehead atoms. The number of carboxylic acids is 1. The summed E-state index contributed by atoms with van der Waals surface area (Å²) in [7, 11) is 0. The highest BCUT2D eigenvalue weighted by Gasteiger charge is 2.13. The number of nitrogens with zero attached hydrogens (tertiary/aromatic N) is 2. The van der Waals surface area contributed by atoms with Crippen molar-refractivity contribution in [3.63, 3.8) is 0 Å². The van der Waals surface area contributed by atoms with Crippen LogP contribution in [0.15, 0.2) is 6.07 Å². The Bertz CT molecular complexity index is 332. The van der Waals surface area contributed by atoms with Gasteiger partial charge >= 0.3 is 5.97 Å². The number of hydrogen-bond acceptors (Lipinski definition) is 4. The maximum Gasteiger partial charge on any atom is 0.344 e. The highest BCUT2D eigenvalue weighted by molar-refractivity contribution is 5.72. The first-order chi connectivity index (χ1) is 6.49. The molecule has 1 atom stereocenters. The fourth-order valence-electron chi connectivity index (χ4n) is 0.975. The van der Waals surface area contributed by atoms with E-state index in [0.29, 0.717) is 11.7 Å². The zero-order valence-electron chi connectivity index (χ0n) is 8.31. The van der Waals surface area contributed by atoms with Crippen LogP contribution in [0.4, 0.5) is 0 Å². The minimum absolute atomic E-state index is 0.296. The summed E-state index contributed by atoms with van der Waals surface area (Å²) in [6.07, 6.45) is -0.899. The Morgan fingerprint density at radius 3 is 2.64 bits per heavy atom. The third-order valence-electron chi connectivity index (χ3n) is 1.59. The van der Waals surface area contributed by atoms with Gasteiger partial charge in [-0.25, -0.2) is 9.78 Å². The summed E-state index contributed by atoms with van der Waals surface area (Å²) in [6.45, 7) is 4.98. The monoisotopic (exact) mass is 196 g/mol. The molecule has 0 fully saturated rings. The van der Waals surface area contributed by atoms with Crippen LogP contribution in [0.5, 0.6) is 5.88 Å². The van der Waals surface area contributed by atoms with Gasteiger partial charge in [0.15, 0.2) is 6.10 Å². The highest BCUT2D eigenvalue weighted by Crippen LogP contribution is 2.10. The Kier molecular flexibility index (Phi) is 3.01. The van der Waals surface area contributed by atoms with E-state index in [1.807, 2.05) is 0 Å². The molecule has 0 aliphatic heterocycles. The molecule has 0 aromatic carbocycles. The molecule has 1 rings (SSSR count). The summed E-state index contributed by atoms with van der Waals surface area (Å²) in [5, 5.41) is 8.61. The van der Waals surface area contributed by atoms with Crippen molar-refractivity contribution in [2.24, 2.45) is 0 Å². The lowest BCUT2D eigenvalue weighted by Gasteiger charge is -2.09. The van der Waals surface area contributed by atoms with E-state index in [2.05, 4.69) is 9.97 Å². The molecule has 0 saturated carbocycles. The first kappa shape index (κ1) is 10.4. The van der Waals surface area contributed by atoms with Crippen LogP contribution < -0.4 is 4.74 Å². The second kappa shape index (κ2) is 4.04. The van der Waals surface area contributed by atoms with Gasteiger partial charge in [0.1, 0.15) is 5.82 Å². The third-order valence-corrected chi connectivity index (χ3v) is 1.59. The zero-order chi connectivity index (χ0) is 10.7. The molecule has 1 aromatic heterocycles. The second-order valence-corrected chi connectivity index (χ2v) is 2.99. The van der Waals surface area contributed by atoms with E-state index >= 15 is 0 Å². The van der Waals surface area contributed by atoms with Gasteiger partial charge in [-0.1, -0.05) is 0 Å². The number of aryl methyl sites for hydroxylation is 2. The van der Waals surface area contributed by atoms with Crippen LogP contribution in [0.25, 0.3) is 0 Å². The van der Waals surface area contributed by atoms with Gasteiger partial charge in [-0.15, -0.1) is 0 Å². The molecule has 0 aliphatic carbocycles. The summed E-state index contributed by atoms with van der Waals surface area (Å²) in [5.74, 6) is -0.151. The average molecular weight is 196 g/mol. The normalized spacial score (nSPS) is 12.2. The average Bonchev–Trinajstić information content (AvgIpc) is 2.01. The van der Waals surface area contributed by atoms with Gasteiger partial charge in [-0.2, -0.15) is 4.98 Å². The number of carbonyl (C=O) groups is 1. The third kappa shape index (κ3) is 2.69. The Hall–Kier alpha value is -1.65. The smallest absolute Gasteiger partial charge is 0.344 e. The molecule has 1 heterocycles. The van der Waals surface area contributed by atoms with Crippen molar-refractivity contribution >= 4 is 5.97 Å². The lowest BCUT2D eigenvalue weighted by molar-refractivity contribution is -0.144. The van der Waals surface area contributed by atoms with Crippen LogP contribution in [0.1, 0.15) is 18.4 Å². The number of aromatic nitrogens is 2. The molecule has 1 aromatic rings. The van der Waals surface area contributed by atoms with Crippen LogP contribution >= 0.6 is 0 Å². The predicted molar refractivity (Wildman–Crippen MR) is 49.2 cm³/mol. The molecule has 0 radical (unpaired) electrons. The van der Waals surface area contributed by atoms with E-state index in [4.69, 9.17) is 9.84 Å². The van der Waals surface area contributed by atoms with Gasteiger partial charge in [0.05, 0.1) is 0 Å². The zero-order valence-corrected chi connectivity index (χ0v) is 8.31. The lowest BCUT2D eigenvalue weighted by atomic mass is 10.4. The van der Waals surface area contributed by atoms with Crippen molar-refractivity contribution in [3.8, 4) is 5.88 Å². The molecular weight excluding hydrogens is 184 g/mol. The SMILES string of the molecule is Cc1cc(OC(C)C(=O)O)nc(C)n1. The fourth-order valence-corrected chi connectivity index (χ4v) is 0.975. The van der Waals surface area contributed by atoms with Crippen molar-refractivity contribution in [1.29, 1.82) is 0 Å². The minimum Gasteiger partial charge on any atom is -0.479 e. The fraction of sp³-hybridized carbons (Fsp3) is 0.444. The molecule has 1 unspecified atom stereocenters. The molecule has 0 saturated heterocycles. The predicted octanol–water partition coefficient (Wildman–Crippen LogP) is 0.945. The second-order valence-electron chi connectivity index (χ2n) is 2.99. The van der Waals surface area contributed by atoms with E-state index < -0.39 is 12.1 Å². The first-order valence-corrected chi connectivity index (χ1v) is 4.21. The highest BCUT2D eigenvalue weighted by atomic mass is 16.5. The number of carboxylic acid groups (broad SMARTS) is 1. The number of rotatable bonds is 3. The summed E-state index contributed by atoms with van der Waals surface area (Å²) in [4.78, 5) is 18.5. The van der Waals surface area contributed by atoms with Crippen molar-refractivity contribution in [2.45, 2.75) is 26.9 Å². The largest absolute Gasteiger partial charge is 0.479 e. The minimum atomic E-state index is -1.01. The standard InChI is InChI=1S/C9H12N2O3/c1-5-4-8(11-7(3)10-5)14-6(2)9(12)13/h4,6H,1-3H3,(H,12,13). The Morgan fingerprint density at radius 2 is 2.14 bits per heavy atom. The molecule has 14 heavy (non-hydrogen) atoms. The van der Waals surface area contributed by atoms with Crippen LogP contribution in [-0.2, 0) is 4.79 Å². The van der Waals surface area contributed by atoms with Crippen molar-refractivity contribution < 1.29 is 14.6 Å².